The predicted molar refractivity (Wildman–Crippen MR) is 96.3 cm³/mol. The van der Waals surface area contributed by atoms with E-state index in [0.29, 0.717) is 19.3 Å². The number of ether oxygens (including phenoxy) is 2. The van der Waals surface area contributed by atoms with Crippen LogP contribution in [0.25, 0.3) is 0 Å². The van der Waals surface area contributed by atoms with Crippen LogP contribution in [0.5, 0.6) is 0 Å². The van der Waals surface area contributed by atoms with Crippen LogP contribution in [0.15, 0.2) is 0 Å². The molecule has 0 aromatic carbocycles. The smallest absolute Gasteiger partial charge is 0.320 e. The standard InChI is InChI=1S/C19H34O7/c1-4-7-11-23-17(21)15-19(16-20,18(22)24-12-8-5-2)10-14-26-25-13-9-6-3/h16H,4-15H2,1-3H3. The molecule has 0 aromatic rings. The lowest BCUT2D eigenvalue weighted by atomic mass is 9.83. The van der Waals surface area contributed by atoms with Gasteiger partial charge in [0.15, 0.2) is 0 Å². The second-order valence-corrected chi connectivity index (χ2v) is 6.26. The SMILES string of the molecule is CCCCOOCCC(C=O)(CC(=O)OCCCC)C(=O)OCCCC. The molecule has 0 amide bonds. The van der Waals surface area contributed by atoms with Crippen molar-refractivity contribution in [3.63, 3.8) is 0 Å². The van der Waals surface area contributed by atoms with E-state index in [-0.39, 0.29) is 32.7 Å². The monoisotopic (exact) mass is 374 g/mol. The molecule has 0 saturated heterocycles. The Labute approximate surface area is 156 Å². The topological polar surface area (TPSA) is 88.1 Å². The Balaban J connectivity index is 4.76. The van der Waals surface area contributed by atoms with Crippen molar-refractivity contribution in [3.05, 3.63) is 0 Å². The molecule has 0 spiro atoms. The Morgan fingerprint density at radius 2 is 1.35 bits per heavy atom. The largest absolute Gasteiger partial charge is 0.466 e. The van der Waals surface area contributed by atoms with Gasteiger partial charge in [0.1, 0.15) is 11.7 Å². The summed E-state index contributed by atoms with van der Waals surface area (Å²) in [5.74, 6) is -1.31. The molecule has 0 aliphatic carbocycles. The van der Waals surface area contributed by atoms with Gasteiger partial charge in [-0.25, -0.2) is 9.78 Å². The summed E-state index contributed by atoms with van der Waals surface area (Å²) >= 11 is 0. The summed E-state index contributed by atoms with van der Waals surface area (Å²) in [7, 11) is 0. The predicted octanol–water partition coefficient (Wildman–Crippen LogP) is 3.39. The van der Waals surface area contributed by atoms with Crippen molar-refractivity contribution in [2.45, 2.75) is 72.1 Å². The molecule has 0 aliphatic rings. The van der Waals surface area contributed by atoms with Gasteiger partial charge in [0, 0.05) is 0 Å². The van der Waals surface area contributed by atoms with Gasteiger partial charge in [0.25, 0.3) is 0 Å². The van der Waals surface area contributed by atoms with E-state index in [1.807, 2.05) is 20.8 Å². The van der Waals surface area contributed by atoms with E-state index in [9.17, 15) is 14.4 Å². The molecule has 0 radical (unpaired) electrons. The molecule has 7 nitrogen and oxygen atoms in total. The van der Waals surface area contributed by atoms with Crippen molar-refractivity contribution in [2.75, 3.05) is 26.4 Å². The maximum absolute atomic E-state index is 12.4. The van der Waals surface area contributed by atoms with Crippen LogP contribution < -0.4 is 0 Å². The highest BCUT2D eigenvalue weighted by molar-refractivity contribution is 5.97. The molecule has 152 valence electrons. The van der Waals surface area contributed by atoms with Gasteiger partial charge in [-0.2, -0.15) is 0 Å². The van der Waals surface area contributed by atoms with Crippen molar-refractivity contribution >= 4 is 18.2 Å². The van der Waals surface area contributed by atoms with Gasteiger partial charge < -0.3 is 14.3 Å². The first-order valence-electron chi connectivity index (χ1n) is 9.59. The molecule has 0 heterocycles. The van der Waals surface area contributed by atoms with Crippen LogP contribution in [0.2, 0.25) is 0 Å². The fourth-order valence-corrected chi connectivity index (χ4v) is 2.05. The van der Waals surface area contributed by atoms with Gasteiger partial charge in [0.2, 0.25) is 0 Å². The lowest BCUT2D eigenvalue weighted by Gasteiger charge is -2.24. The van der Waals surface area contributed by atoms with Crippen LogP contribution in [0.4, 0.5) is 0 Å². The van der Waals surface area contributed by atoms with E-state index in [1.165, 1.54) is 0 Å². The van der Waals surface area contributed by atoms with Gasteiger partial charge >= 0.3 is 11.9 Å². The lowest BCUT2D eigenvalue weighted by molar-refractivity contribution is -0.297. The van der Waals surface area contributed by atoms with Gasteiger partial charge in [-0.1, -0.05) is 40.0 Å². The zero-order chi connectivity index (χ0) is 19.7. The summed E-state index contributed by atoms with van der Waals surface area (Å²) in [4.78, 5) is 46.2. The van der Waals surface area contributed by atoms with Crippen molar-refractivity contribution < 1.29 is 33.6 Å². The molecule has 7 heteroatoms. The number of hydrogen-bond donors (Lipinski definition) is 0. The van der Waals surface area contributed by atoms with Crippen molar-refractivity contribution in [1.29, 1.82) is 0 Å². The molecule has 1 atom stereocenters. The van der Waals surface area contributed by atoms with Crippen LogP contribution >= 0.6 is 0 Å². The Morgan fingerprint density at radius 1 is 0.808 bits per heavy atom. The quantitative estimate of drug-likeness (QED) is 0.0963. The molecule has 1 unspecified atom stereocenters. The summed E-state index contributed by atoms with van der Waals surface area (Å²) in [6.45, 7) is 6.89. The van der Waals surface area contributed by atoms with Gasteiger partial charge in [-0.05, 0) is 25.7 Å². The first-order chi connectivity index (χ1) is 12.6. The Kier molecular flexibility index (Phi) is 14.9. The number of hydrogen-bond acceptors (Lipinski definition) is 7. The normalized spacial score (nSPS) is 13.0. The van der Waals surface area contributed by atoms with Gasteiger partial charge in [-0.15, -0.1) is 0 Å². The molecular formula is C19H34O7. The molecule has 0 saturated carbocycles. The molecule has 0 bridgehead atoms. The summed E-state index contributed by atoms with van der Waals surface area (Å²) in [5.41, 5.74) is -1.61. The first-order valence-corrected chi connectivity index (χ1v) is 9.59. The third-order valence-electron chi connectivity index (χ3n) is 3.88. The molecular weight excluding hydrogens is 340 g/mol. The number of rotatable bonds is 17. The van der Waals surface area contributed by atoms with E-state index in [1.54, 1.807) is 0 Å². The molecule has 26 heavy (non-hydrogen) atoms. The Morgan fingerprint density at radius 3 is 1.92 bits per heavy atom. The minimum absolute atomic E-state index is 0.00351. The summed E-state index contributed by atoms with van der Waals surface area (Å²) in [6.07, 6.45) is 5.09. The second kappa shape index (κ2) is 15.8. The van der Waals surface area contributed by atoms with Crippen LogP contribution in [-0.2, 0) is 33.6 Å². The fraction of sp³-hybridized carbons (Fsp3) is 0.842. The summed E-state index contributed by atoms with van der Waals surface area (Å²) < 4.78 is 10.3. The fourth-order valence-electron chi connectivity index (χ4n) is 2.05. The molecule has 0 N–H and O–H groups in total. The highest BCUT2D eigenvalue weighted by atomic mass is 17.2. The maximum Gasteiger partial charge on any atom is 0.320 e. The van der Waals surface area contributed by atoms with E-state index in [2.05, 4.69) is 0 Å². The third-order valence-corrected chi connectivity index (χ3v) is 3.88. The van der Waals surface area contributed by atoms with E-state index in [4.69, 9.17) is 19.2 Å². The van der Waals surface area contributed by atoms with Crippen LogP contribution in [0, 0.1) is 5.41 Å². The van der Waals surface area contributed by atoms with Crippen molar-refractivity contribution in [3.8, 4) is 0 Å². The third kappa shape index (κ3) is 10.5. The summed E-state index contributed by atoms with van der Waals surface area (Å²) in [6, 6.07) is 0. The minimum Gasteiger partial charge on any atom is -0.466 e. The van der Waals surface area contributed by atoms with E-state index < -0.39 is 17.4 Å². The number of carbonyl (C=O) groups is 3. The maximum atomic E-state index is 12.4. The average Bonchev–Trinajstić information content (AvgIpc) is 2.63. The highest BCUT2D eigenvalue weighted by Crippen LogP contribution is 2.27. The van der Waals surface area contributed by atoms with Crippen LogP contribution in [0.1, 0.15) is 72.1 Å². The van der Waals surface area contributed by atoms with Crippen molar-refractivity contribution in [2.24, 2.45) is 5.41 Å². The van der Waals surface area contributed by atoms with Gasteiger partial charge in [0.05, 0.1) is 32.8 Å². The minimum atomic E-state index is -1.61. The number of esters is 2. The molecule has 0 rings (SSSR count). The Hall–Kier alpha value is -1.47. The lowest BCUT2D eigenvalue weighted by Crippen LogP contribution is -2.39. The summed E-state index contributed by atoms with van der Waals surface area (Å²) in [5, 5.41) is 0. The number of carbonyl (C=O) groups excluding carboxylic acids is 3. The van der Waals surface area contributed by atoms with Crippen LogP contribution in [-0.4, -0.2) is 44.7 Å². The number of aldehydes is 1. The first kappa shape index (κ1) is 24.5. The van der Waals surface area contributed by atoms with Crippen molar-refractivity contribution in [1.82, 2.24) is 0 Å². The van der Waals surface area contributed by atoms with E-state index >= 15 is 0 Å². The molecule has 0 fully saturated rings. The number of unbranched alkanes of at least 4 members (excludes halogenated alkanes) is 3. The van der Waals surface area contributed by atoms with E-state index in [0.717, 1.165) is 32.1 Å². The Bertz CT molecular complexity index is 397. The molecule has 0 aromatic heterocycles. The highest BCUT2D eigenvalue weighted by Gasteiger charge is 2.42. The average molecular weight is 374 g/mol. The van der Waals surface area contributed by atoms with Crippen LogP contribution in [0.3, 0.4) is 0 Å². The second-order valence-electron chi connectivity index (χ2n) is 6.26. The van der Waals surface area contributed by atoms with Gasteiger partial charge in [-0.3, -0.25) is 9.59 Å². The zero-order valence-electron chi connectivity index (χ0n) is 16.4. The zero-order valence-corrected chi connectivity index (χ0v) is 16.4. The molecule has 0 aliphatic heterocycles.